The van der Waals surface area contributed by atoms with E-state index in [0.717, 1.165) is 24.0 Å². The fourth-order valence-electron chi connectivity index (χ4n) is 4.71. The molecule has 0 heterocycles. The van der Waals surface area contributed by atoms with Gasteiger partial charge in [-0.15, -0.1) is 0 Å². The molecule has 2 aliphatic carbocycles. The normalized spacial score (nSPS) is 26.0. The fourth-order valence-corrected chi connectivity index (χ4v) is 4.71. The number of anilines is 1. The highest BCUT2D eigenvalue weighted by Crippen LogP contribution is 2.57. The van der Waals surface area contributed by atoms with Crippen LogP contribution in [0.3, 0.4) is 0 Å². The van der Waals surface area contributed by atoms with Crippen molar-refractivity contribution in [2.75, 3.05) is 12.4 Å². The molecule has 2 fully saturated rings. The summed E-state index contributed by atoms with van der Waals surface area (Å²) in [6.45, 7) is 3.85. The summed E-state index contributed by atoms with van der Waals surface area (Å²) in [6, 6.07) is 3.88. The molecule has 27 heavy (non-hydrogen) atoms. The number of hydrogen-bond acceptors (Lipinski definition) is 6. The summed E-state index contributed by atoms with van der Waals surface area (Å²) >= 11 is 0. The van der Waals surface area contributed by atoms with Crippen molar-refractivity contribution in [3.63, 3.8) is 0 Å². The SMILES string of the molecule is COc1ccc([N+](=O)[O-])cc1NC(=O)[C@H]1[C@@H](C(=O)[O-])[C@@H]2CC[C@@H]1C2=C(C)C. The molecule has 0 aromatic heterocycles. The fraction of sp³-hybridized carbons (Fsp3) is 0.474. The number of nitro benzene ring substituents is 1. The third-order valence-electron chi connectivity index (χ3n) is 5.65. The maximum Gasteiger partial charge on any atom is 0.271 e. The number of ether oxygens (including phenoxy) is 1. The number of hydrogen-bond donors (Lipinski definition) is 1. The molecule has 1 amide bonds. The van der Waals surface area contributed by atoms with Crippen molar-refractivity contribution < 1.29 is 24.4 Å². The molecule has 0 radical (unpaired) electrons. The number of carboxylic acid groups (broad SMARTS) is 1. The third kappa shape index (κ3) is 3.15. The number of methoxy groups -OCH3 is 1. The lowest BCUT2D eigenvalue weighted by Crippen LogP contribution is -2.44. The maximum absolute atomic E-state index is 13.0. The lowest BCUT2D eigenvalue weighted by atomic mass is 9.78. The van der Waals surface area contributed by atoms with E-state index in [4.69, 9.17) is 4.74 Å². The molecular weight excluding hydrogens is 352 g/mol. The molecule has 0 spiro atoms. The van der Waals surface area contributed by atoms with E-state index in [0.29, 0.717) is 0 Å². The van der Waals surface area contributed by atoms with Crippen molar-refractivity contribution in [2.45, 2.75) is 26.7 Å². The summed E-state index contributed by atoms with van der Waals surface area (Å²) in [5, 5.41) is 25.4. The standard InChI is InChI=1S/C19H22N2O6/c1-9(2)15-11-5-6-12(15)17(19(23)24)16(11)18(22)20-13-8-10(21(25)26)4-7-14(13)27-3/h4,7-8,11-12,16-17H,5-6H2,1-3H3,(H,20,22)(H,23,24)/p-1/t11-,12-,16-,17+/m1/s1. The number of fused-ring (bicyclic) bond motifs is 2. The number of nitrogens with zero attached hydrogens (tertiary/aromatic N) is 1. The second-order valence-electron chi connectivity index (χ2n) is 7.25. The lowest BCUT2D eigenvalue weighted by Gasteiger charge is -2.30. The lowest BCUT2D eigenvalue weighted by molar-refractivity contribution is -0.384. The third-order valence-corrected chi connectivity index (χ3v) is 5.65. The first-order chi connectivity index (χ1) is 12.8. The van der Waals surface area contributed by atoms with Gasteiger partial charge in [0.1, 0.15) is 5.75 Å². The first-order valence-corrected chi connectivity index (χ1v) is 8.77. The summed E-state index contributed by atoms with van der Waals surface area (Å²) in [5.41, 5.74) is 2.03. The van der Waals surface area contributed by atoms with E-state index in [1.807, 2.05) is 13.8 Å². The van der Waals surface area contributed by atoms with Crippen LogP contribution in [-0.4, -0.2) is 23.9 Å². The highest BCUT2D eigenvalue weighted by Gasteiger charge is 2.54. The zero-order valence-electron chi connectivity index (χ0n) is 15.4. The van der Waals surface area contributed by atoms with E-state index >= 15 is 0 Å². The van der Waals surface area contributed by atoms with Crippen molar-refractivity contribution in [3.8, 4) is 5.75 Å². The Morgan fingerprint density at radius 2 is 1.81 bits per heavy atom. The Bertz CT molecular complexity index is 843. The Labute approximate surface area is 156 Å². The summed E-state index contributed by atoms with van der Waals surface area (Å²) < 4.78 is 5.16. The first kappa shape index (κ1) is 18.9. The molecule has 2 bridgehead atoms. The van der Waals surface area contributed by atoms with Crippen LogP contribution in [0.5, 0.6) is 5.75 Å². The van der Waals surface area contributed by atoms with Crippen LogP contribution in [-0.2, 0) is 9.59 Å². The zero-order valence-corrected chi connectivity index (χ0v) is 15.4. The number of carbonyl (C=O) groups is 2. The van der Waals surface area contributed by atoms with Gasteiger partial charge in [-0.05, 0) is 44.6 Å². The summed E-state index contributed by atoms with van der Waals surface area (Å²) in [4.78, 5) is 35.2. The monoisotopic (exact) mass is 373 g/mol. The highest BCUT2D eigenvalue weighted by molar-refractivity contribution is 5.97. The van der Waals surface area contributed by atoms with Crippen LogP contribution in [0.25, 0.3) is 0 Å². The number of benzene rings is 1. The smallest absolute Gasteiger partial charge is 0.271 e. The van der Waals surface area contributed by atoms with E-state index in [1.165, 1.54) is 25.3 Å². The van der Waals surface area contributed by atoms with Crippen molar-refractivity contribution >= 4 is 23.3 Å². The molecule has 0 aliphatic heterocycles. The van der Waals surface area contributed by atoms with Gasteiger partial charge in [-0.1, -0.05) is 11.1 Å². The number of amides is 1. The van der Waals surface area contributed by atoms with E-state index in [2.05, 4.69) is 5.32 Å². The molecule has 1 N–H and O–H groups in total. The Balaban J connectivity index is 1.94. The zero-order chi connectivity index (χ0) is 19.9. The first-order valence-electron chi connectivity index (χ1n) is 8.77. The average molecular weight is 373 g/mol. The van der Waals surface area contributed by atoms with Crippen LogP contribution in [0.2, 0.25) is 0 Å². The number of allylic oxidation sites excluding steroid dienone is 2. The molecule has 1 aromatic rings. The van der Waals surface area contributed by atoms with Gasteiger partial charge in [0.2, 0.25) is 5.91 Å². The molecule has 8 heteroatoms. The summed E-state index contributed by atoms with van der Waals surface area (Å²) in [7, 11) is 1.39. The predicted molar refractivity (Wildman–Crippen MR) is 94.9 cm³/mol. The van der Waals surface area contributed by atoms with Gasteiger partial charge in [0.05, 0.1) is 23.6 Å². The van der Waals surface area contributed by atoms with Gasteiger partial charge in [-0.3, -0.25) is 14.9 Å². The minimum atomic E-state index is -1.23. The van der Waals surface area contributed by atoms with Crippen molar-refractivity contribution in [1.29, 1.82) is 0 Å². The average Bonchev–Trinajstić information content (AvgIpc) is 3.17. The van der Waals surface area contributed by atoms with Crippen LogP contribution < -0.4 is 15.2 Å². The van der Waals surface area contributed by atoms with E-state index in [9.17, 15) is 24.8 Å². The molecule has 4 atom stereocenters. The number of rotatable bonds is 5. The summed E-state index contributed by atoms with van der Waals surface area (Å²) in [5.74, 6) is -3.42. The number of carbonyl (C=O) groups excluding carboxylic acids is 2. The number of nitro groups is 1. The van der Waals surface area contributed by atoms with Crippen LogP contribution in [0.4, 0.5) is 11.4 Å². The van der Waals surface area contributed by atoms with Crippen molar-refractivity contribution in [2.24, 2.45) is 23.7 Å². The van der Waals surface area contributed by atoms with Crippen LogP contribution in [0.15, 0.2) is 29.3 Å². The van der Waals surface area contributed by atoms with Gasteiger partial charge in [0, 0.05) is 24.0 Å². The molecule has 0 unspecified atom stereocenters. The maximum atomic E-state index is 13.0. The van der Waals surface area contributed by atoms with Crippen LogP contribution in [0, 0.1) is 33.8 Å². The number of nitrogens with one attached hydrogen (secondary N) is 1. The second-order valence-corrected chi connectivity index (χ2v) is 7.25. The molecule has 0 saturated heterocycles. The van der Waals surface area contributed by atoms with Gasteiger partial charge >= 0.3 is 0 Å². The van der Waals surface area contributed by atoms with Crippen LogP contribution >= 0.6 is 0 Å². The van der Waals surface area contributed by atoms with Crippen molar-refractivity contribution in [1.82, 2.24) is 0 Å². The molecule has 1 aromatic carbocycles. The van der Waals surface area contributed by atoms with E-state index in [1.54, 1.807) is 0 Å². The Hall–Kier alpha value is -2.90. The van der Waals surface area contributed by atoms with Gasteiger partial charge in [-0.25, -0.2) is 0 Å². The minimum absolute atomic E-state index is 0.146. The molecule has 2 aliphatic rings. The topological polar surface area (TPSA) is 122 Å². The number of aliphatic carboxylic acids is 1. The highest BCUT2D eigenvalue weighted by atomic mass is 16.6. The van der Waals surface area contributed by atoms with E-state index < -0.39 is 28.6 Å². The molecular formula is C19H21N2O6-. The second kappa shape index (κ2) is 7.02. The van der Waals surface area contributed by atoms with Gasteiger partial charge in [0.15, 0.2) is 0 Å². The summed E-state index contributed by atoms with van der Waals surface area (Å²) in [6.07, 6.45) is 1.48. The number of carboxylic acids is 1. The number of non-ortho nitro benzene ring substituents is 1. The van der Waals surface area contributed by atoms with E-state index in [-0.39, 0.29) is 29.0 Å². The Morgan fingerprint density at radius 3 is 2.33 bits per heavy atom. The molecule has 8 nitrogen and oxygen atoms in total. The van der Waals surface area contributed by atoms with Gasteiger partial charge < -0.3 is 20.0 Å². The largest absolute Gasteiger partial charge is 0.550 e. The predicted octanol–water partition coefficient (Wildman–Crippen LogP) is 1.90. The van der Waals surface area contributed by atoms with Gasteiger partial charge in [-0.2, -0.15) is 0 Å². The molecule has 3 rings (SSSR count). The Kier molecular flexibility index (Phi) is 4.91. The molecule has 144 valence electrons. The Morgan fingerprint density at radius 1 is 1.19 bits per heavy atom. The minimum Gasteiger partial charge on any atom is -0.550 e. The quantitative estimate of drug-likeness (QED) is 0.478. The van der Waals surface area contributed by atoms with Crippen LogP contribution in [0.1, 0.15) is 26.7 Å². The van der Waals surface area contributed by atoms with Crippen molar-refractivity contribution in [3.05, 3.63) is 39.5 Å². The van der Waals surface area contributed by atoms with Gasteiger partial charge in [0.25, 0.3) is 5.69 Å². The molecule has 2 saturated carbocycles.